The number of fused-ring (bicyclic) bond motifs is 1. The van der Waals surface area contributed by atoms with Crippen LogP contribution in [0, 0.1) is 18.6 Å². The van der Waals surface area contributed by atoms with E-state index in [1.165, 1.54) is 23.1 Å². The van der Waals surface area contributed by atoms with Crippen LogP contribution in [0.3, 0.4) is 0 Å². The molecular weight excluding hydrogens is 296 g/mol. The monoisotopic (exact) mass is 313 g/mol. The molecule has 0 aromatic heterocycles. The fourth-order valence-electron chi connectivity index (χ4n) is 2.99. The summed E-state index contributed by atoms with van der Waals surface area (Å²) in [5.74, 6) is -1.49. The molecular formula is C19H17F2NO. The number of benzene rings is 2. The average Bonchev–Trinajstić information content (AvgIpc) is 2.50. The van der Waals surface area contributed by atoms with E-state index in [2.05, 4.69) is 6.58 Å². The summed E-state index contributed by atoms with van der Waals surface area (Å²) in [5.41, 5.74) is 2.93. The van der Waals surface area contributed by atoms with Crippen molar-refractivity contribution in [3.63, 3.8) is 0 Å². The SMILES string of the molecule is C=C(C)C1CN(c2cc(C)ccc2F)C(=O)c2cc(F)ccc21. The third-order valence-corrected chi connectivity index (χ3v) is 4.22. The molecule has 0 bridgehead atoms. The molecule has 23 heavy (non-hydrogen) atoms. The Balaban J connectivity index is 2.16. The highest BCUT2D eigenvalue weighted by molar-refractivity contribution is 6.08. The number of carbonyl (C=O) groups excluding carboxylic acids is 1. The molecule has 0 radical (unpaired) electrons. The van der Waals surface area contributed by atoms with Gasteiger partial charge in [-0.1, -0.05) is 24.3 Å². The molecule has 2 aromatic rings. The molecule has 1 aliphatic heterocycles. The second kappa shape index (κ2) is 5.61. The lowest BCUT2D eigenvalue weighted by molar-refractivity contribution is 0.0976. The van der Waals surface area contributed by atoms with Gasteiger partial charge in [-0.25, -0.2) is 8.78 Å². The van der Waals surface area contributed by atoms with Crippen LogP contribution in [0.4, 0.5) is 14.5 Å². The number of anilines is 1. The molecule has 0 fully saturated rings. The number of halogens is 2. The Morgan fingerprint density at radius 2 is 1.96 bits per heavy atom. The highest BCUT2D eigenvalue weighted by Gasteiger charge is 2.33. The largest absolute Gasteiger partial charge is 0.305 e. The van der Waals surface area contributed by atoms with E-state index in [0.29, 0.717) is 6.54 Å². The Bertz CT molecular complexity index is 813. The van der Waals surface area contributed by atoms with Gasteiger partial charge in [0.05, 0.1) is 5.69 Å². The second-order valence-electron chi connectivity index (χ2n) is 6.00. The summed E-state index contributed by atoms with van der Waals surface area (Å²) in [4.78, 5) is 14.1. The molecule has 2 aromatic carbocycles. The maximum Gasteiger partial charge on any atom is 0.258 e. The van der Waals surface area contributed by atoms with Crippen molar-refractivity contribution >= 4 is 11.6 Å². The van der Waals surface area contributed by atoms with Gasteiger partial charge in [0.2, 0.25) is 0 Å². The van der Waals surface area contributed by atoms with Gasteiger partial charge in [0.15, 0.2) is 0 Å². The Kier molecular flexibility index (Phi) is 3.76. The highest BCUT2D eigenvalue weighted by Crippen LogP contribution is 2.36. The molecule has 4 heteroatoms. The summed E-state index contributed by atoms with van der Waals surface area (Å²) in [6.07, 6.45) is 0. The van der Waals surface area contributed by atoms with Crippen molar-refractivity contribution in [3.8, 4) is 0 Å². The van der Waals surface area contributed by atoms with Crippen molar-refractivity contribution in [2.75, 3.05) is 11.4 Å². The molecule has 1 aliphatic rings. The minimum absolute atomic E-state index is 0.150. The van der Waals surface area contributed by atoms with Crippen LogP contribution in [-0.4, -0.2) is 12.5 Å². The lowest BCUT2D eigenvalue weighted by Gasteiger charge is -2.35. The van der Waals surface area contributed by atoms with Gasteiger partial charge >= 0.3 is 0 Å². The Morgan fingerprint density at radius 3 is 2.65 bits per heavy atom. The first-order chi connectivity index (χ1) is 10.9. The van der Waals surface area contributed by atoms with Crippen molar-refractivity contribution in [3.05, 3.63) is 76.9 Å². The Morgan fingerprint density at radius 1 is 1.22 bits per heavy atom. The third kappa shape index (κ3) is 2.65. The lowest BCUT2D eigenvalue weighted by Crippen LogP contribution is -2.41. The van der Waals surface area contributed by atoms with Gasteiger partial charge in [-0.05, 0) is 49.2 Å². The fraction of sp³-hybridized carbons (Fsp3) is 0.211. The van der Waals surface area contributed by atoms with E-state index in [1.807, 2.05) is 13.8 Å². The average molecular weight is 313 g/mol. The summed E-state index contributed by atoms with van der Waals surface area (Å²) in [6, 6.07) is 8.79. The van der Waals surface area contributed by atoms with Gasteiger partial charge in [0, 0.05) is 18.0 Å². The standard InChI is InChI=1S/C19H17F2NO/c1-11(2)16-10-22(18-8-12(3)4-7-17(18)21)19(23)15-9-13(20)5-6-14(15)16/h4-9,16H,1,10H2,2-3H3. The minimum atomic E-state index is -0.482. The van der Waals surface area contributed by atoms with E-state index >= 15 is 0 Å². The molecule has 0 aliphatic carbocycles. The van der Waals surface area contributed by atoms with E-state index in [1.54, 1.807) is 18.2 Å². The normalized spacial score (nSPS) is 17.1. The predicted molar refractivity (Wildman–Crippen MR) is 86.8 cm³/mol. The maximum atomic E-state index is 14.2. The summed E-state index contributed by atoms with van der Waals surface area (Å²) in [5, 5.41) is 0. The molecule has 1 heterocycles. The number of amides is 1. The van der Waals surface area contributed by atoms with Crippen molar-refractivity contribution in [2.45, 2.75) is 19.8 Å². The van der Waals surface area contributed by atoms with Gasteiger partial charge in [-0.2, -0.15) is 0 Å². The molecule has 1 amide bonds. The highest BCUT2D eigenvalue weighted by atomic mass is 19.1. The molecule has 0 saturated heterocycles. The number of hydrogen-bond acceptors (Lipinski definition) is 1. The van der Waals surface area contributed by atoms with Crippen LogP contribution in [0.15, 0.2) is 48.6 Å². The lowest BCUT2D eigenvalue weighted by atomic mass is 9.85. The molecule has 3 rings (SSSR count). The van der Waals surface area contributed by atoms with Gasteiger partial charge in [-0.3, -0.25) is 4.79 Å². The number of aryl methyl sites for hydroxylation is 1. The quantitative estimate of drug-likeness (QED) is 0.742. The first kappa shape index (κ1) is 15.4. The van der Waals surface area contributed by atoms with Crippen LogP contribution in [0.5, 0.6) is 0 Å². The van der Waals surface area contributed by atoms with Gasteiger partial charge < -0.3 is 4.90 Å². The number of hydrogen-bond donors (Lipinski definition) is 0. The van der Waals surface area contributed by atoms with E-state index in [0.717, 1.165) is 16.7 Å². The Hall–Kier alpha value is -2.49. The zero-order chi connectivity index (χ0) is 16.7. The molecule has 0 spiro atoms. The van der Waals surface area contributed by atoms with Crippen LogP contribution >= 0.6 is 0 Å². The fourth-order valence-corrected chi connectivity index (χ4v) is 2.99. The smallest absolute Gasteiger partial charge is 0.258 e. The summed E-state index contributed by atoms with van der Waals surface area (Å²) >= 11 is 0. The zero-order valence-corrected chi connectivity index (χ0v) is 13.1. The number of nitrogens with zero attached hydrogens (tertiary/aromatic N) is 1. The summed E-state index contributed by atoms with van der Waals surface area (Å²) in [6.45, 7) is 7.96. The van der Waals surface area contributed by atoms with Crippen LogP contribution in [-0.2, 0) is 0 Å². The minimum Gasteiger partial charge on any atom is -0.305 e. The predicted octanol–water partition coefficient (Wildman–Crippen LogP) is 4.59. The zero-order valence-electron chi connectivity index (χ0n) is 13.1. The molecule has 118 valence electrons. The first-order valence-electron chi connectivity index (χ1n) is 7.41. The van der Waals surface area contributed by atoms with Crippen LogP contribution in [0.25, 0.3) is 0 Å². The van der Waals surface area contributed by atoms with E-state index in [-0.39, 0.29) is 23.1 Å². The van der Waals surface area contributed by atoms with Gasteiger partial charge in [-0.15, -0.1) is 0 Å². The molecule has 0 saturated carbocycles. The summed E-state index contributed by atoms with van der Waals surface area (Å²) < 4.78 is 27.8. The number of carbonyl (C=O) groups is 1. The van der Waals surface area contributed by atoms with Gasteiger partial charge in [0.25, 0.3) is 5.91 Å². The number of rotatable bonds is 2. The molecule has 0 N–H and O–H groups in total. The third-order valence-electron chi connectivity index (χ3n) is 4.22. The van der Waals surface area contributed by atoms with Crippen LogP contribution < -0.4 is 4.90 Å². The summed E-state index contributed by atoms with van der Waals surface area (Å²) in [7, 11) is 0. The van der Waals surface area contributed by atoms with Crippen molar-refractivity contribution in [2.24, 2.45) is 0 Å². The Labute approximate surface area is 134 Å². The van der Waals surface area contributed by atoms with E-state index < -0.39 is 11.6 Å². The molecule has 2 nitrogen and oxygen atoms in total. The van der Waals surface area contributed by atoms with E-state index in [4.69, 9.17) is 0 Å². The van der Waals surface area contributed by atoms with Gasteiger partial charge in [0.1, 0.15) is 11.6 Å². The molecule has 1 unspecified atom stereocenters. The molecule has 1 atom stereocenters. The van der Waals surface area contributed by atoms with Crippen molar-refractivity contribution in [1.29, 1.82) is 0 Å². The topological polar surface area (TPSA) is 20.3 Å². The van der Waals surface area contributed by atoms with Crippen LogP contribution in [0.2, 0.25) is 0 Å². The first-order valence-corrected chi connectivity index (χ1v) is 7.41. The maximum absolute atomic E-state index is 14.2. The van der Waals surface area contributed by atoms with Crippen molar-refractivity contribution < 1.29 is 13.6 Å². The second-order valence-corrected chi connectivity index (χ2v) is 6.00. The van der Waals surface area contributed by atoms with E-state index in [9.17, 15) is 13.6 Å². The van der Waals surface area contributed by atoms with Crippen LogP contribution in [0.1, 0.15) is 34.3 Å². The van der Waals surface area contributed by atoms with Crippen molar-refractivity contribution in [1.82, 2.24) is 0 Å².